The Morgan fingerprint density at radius 3 is 2.38 bits per heavy atom. The molecule has 0 aliphatic carbocycles. The normalized spacial score (nSPS) is 14.1. The molecule has 32 heavy (non-hydrogen) atoms. The minimum Gasteiger partial charge on any atom is -0.385 e. The molecule has 1 heterocycles. The number of hydrogen-bond donors (Lipinski definition) is 2. The standard InChI is InChI=1S/C22H26ClN5O4/c23-19-4-1-2-5-20(19)25-21(29)16-26-12-14-27(15-13-26)22(30)6-3-11-24-17-7-9-18(10-8-17)28(31)32/h1-2,4-5,7-10,24H,3,6,11-16H2,(H,25,29). The second-order valence-electron chi connectivity index (χ2n) is 7.52. The number of halogens is 1. The minimum atomic E-state index is -0.437. The van der Waals surface area contributed by atoms with E-state index in [1.807, 2.05) is 15.9 Å². The predicted octanol–water partition coefficient (Wildman–Crippen LogP) is 3.22. The number of nitro groups is 1. The first-order valence-corrected chi connectivity index (χ1v) is 10.8. The van der Waals surface area contributed by atoms with Gasteiger partial charge in [0.05, 0.1) is 22.2 Å². The molecule has 0 aromatic heterocycles. The van der Waals surface area contributed by atoms with Gasteiger partial charge in [0.25, 0.3) is 5.69 Å². The summed E-state index contributed by atoms with van der Waals surface area (Å²) in [5, 5.41) is 17.2. The minimum absolute atomic E-state index is 0.0474. The molecule has 2 aromatic carbocycles. The largest absolute Gasteiger partial charge is 0.385 e. The van der Waals surface area contributed by atoms with Crippen molar-refractivity contribution < 1.29 is 14.5 Å². The van der Waals surface area contributed by atoms with E-state index < -0.39 is 4.92 Å². The van der Waals surface area contributed by atoms with Crippen LogP contribution in [0.3, 0.4) is 0 Å². The zero-order chi connectivity index (χ0) is 22.9. The molecule has 2 aromatic rings. The maximum Gasteiger partial charge on any atom is 0.269 e. The molecule has 1 saturated heterocycles. The van der Waals surface area contributed by atoms with Gasteiger partial charge >= 0.3 is 0 Å². The molecule has 1 fully saturated rings. The summed E-state index contributed by atoms with van der Waals surface area (Å²) in [6.45, 7) is 3.32. The number of nitrogens with zero attached hydrogens (tertiary/aromatic N) is 3. The summed E-state index contributed by atoms with van der Waals surface area (Å²) >= 11 is 6.07. The van der Waals surface area contributed by atoms with E-state index in [-0.39, 0.29) is 24.0 Å². The Morgan fingerprint density at radius 2 is 1.72 bits per heavy atom. The number of benzene rings is 2. The zero-order valence-electron chi connectivity index (χ0n) is 17.6. The van der Waals surface area contributed by atoms with Gasteiger partial charge in [-0.2, -0.15) is 0 Å². The van der Waals surface area contributed by atoms with Crippen LogP contribution in [0.2, 0.25) is 5.02 Å². The number of nitro benzene ring substituents is 1. The predicted molar refractivity (Wildman–Crippen MR) is 124 cm³/mol. The fraction of sp³-hybridized carbons (Fsp3) is 0.364. The van der Waals surface area contributed by atoms with Crippen LogP contribution in [0, 0.1) is 10.1 Å². The second kappa shape index (κ2) is 11.4. The van der Waals surface area contributed by atoms with E-state index in [1.54, 1.807) is 30.3 Å². The molecule has 9 nitrogen and oxygen atoms in total. The highest BCUT2D eigenvalue weighted by Crippen LogP contribution is 2.20. The second-order valence-corrected chi connectivity index (χ2v) is 7.93. The number of anilines is 2. The van der Waals surface area contributed by atoms with Crippen LogP contribution in [0.25, 0.3) is 0 Å². The van der Waals surface area contributed by atoms with Crippen molar-refractivity contribution >= 4 is 40.5 Å². The lowest BCUT2D eigenvalue weighted by atomic mass is 10.2. The Hall–Kier alpha value is -3.17. The van der Waals surface area contributed by atoms with Crippen LogP contribution in [0.5, 0.6) is 0 Å². The van der Waals surface area contributed by atoms with E-state index in [1.165, 1.54) is 12.1 Å². The van der Waals surface area contributed by atoms with Crippen LogP contribution in [0.15, 0.2) is 48.5 Å². The van der Waals surface area contributed by atoms with Crippen LogP contribution in [0.4, 0.5) is 17.1 Å². The molecule has 10 heteroatoms. The highest BCUT2D eigenvalue weighted by molar-refractivity contribution is 6.33. The molecule has 0 unspecified atom stereocenters. The lowest BCUT2D eigenvalue weighted by molar-refractivity contribution is -0.384. The van der Waals surface area contributed by atoms with Crippen LogP contribution in [-0.2, 0) is 9.59 Å². The third-order valence-corrected chi connectivity index (χ3v) is 5.54. The molecule has 3 rings (SSSR count). The topological polar surface area (TPSA) is 108 Å². The van der Waals surface area contributed by atoms with Gasteiger partial charge in [0.1, 0.15) is 0 Å². The highest BCUT2D eigenvalue weighted by Gasteiger charge is 2.22. The molecule has 2 N–H and O–H groups in total. The number of nitrogens with one attached hydrogen (secondary N) is 2. The monoisotopic (exact) mass is 459 g/mol. The van der Waals surface area contributed by atoms with Crippen LogP contribution in [-0.4, -0.2) is 65.8 Å². The quantitative estimate of drug-likeness (QED) is 0.338. The average molecular weight is 460 g/mol. The Bertz CT molecular complexity index is 946. The van der Waals surface area contributed by atoms with Gasteiger partial charge in [-0.1, -0.05) is 23.7 Å². The number of piperazine rings is 1. The molecular weight excluding hydrogens is 434 g/mol. The fourth-order valence-electron chi connectivity index (χ4n) is 3.44. The summed E-state index contributed by atoms with van der Waals surface area (Å²) in [5.41, 5.74) is 1.42. The highest BCUT2D eigenvalue weighted by atomic mass is 35.5. The van der Waals surface area contributed by atoms with Gasteiger partial charge in [-0.3, -0.25) is 24.6 Å². The number of carbonyl (C=O) groups excluding carboxylic acids is 2. The first-order chi connectivity index (χ1) is 15.4. The molecule has 0 saturated carbocycles. The third-order valence-electron chi connectivity index (χ3n) is 5.21. The number of hydrogen-bond acceptors (Lipinski definition) is 6. The summed E-state index contributed by atoms with van der Waals surface area (Å²) in [7, 11) is 0. The Balaban J connectivity index is 1.32. The van der Waals surface area contributed by atoms with Crippen LogP contribution in [0.1, 0.15) is 12.8 Å². The molecule has 0 spiro atoms. The van der Waals surface area contributed by atoms with E-state index >= 15 is 0 Å². The number of carbonyl (C=O) groups is 2. The fourth-order valence-corrected chi connectivity index (χ4v) is 3.63. The summed E-state index contributed by atoms with van der Waals surface area (Å²) in [5.74, 6) is -0.0362. The number of para-hydroxylation sites is 1. The first-order valence-electron chi connectivity index (χ1n) is 10.5. The van der Waals surface area contributed by atoms with Crippen molar-refractivity contribution in [1.82, 2.24) is 9.80 Å². The summed E-state index contributed by atoms with van der Waals surface area (Å²) < 4.78 is 0. The first kappa shape index (κ1) is 23.5. The van der Waals surface area contributed by atoms with Gasteiger partial charge in [-0.05, 0) is 30.7 Å². The number of amides is 2. The molecule has 170 valence electrons. The summed E-state index contributed by atoms with van der Waals surface area (Å²) in [4.78, 5) is 38.8. The van der Waals surface area contributed by atoms with E-state index in [0.29, 0.717) is 56.3 Å². The van der Waals surface area contributed by atoms with Crippen molar-refractivity contribution in [3.05, 3.63) is 63.7 Å². The molecule has 2 amide bonds. The maximum absolute atomic E-state index is 12.4. The SMILES string of the molecule is O=C(CN1CCN(C(=O)CCCNc2ccc([N+](=O)[O-])cc2)CC1)Nc1ccccc1Cl. The van der Waals surface area contributed by atoms with Crippen molar-refractivity contribution in [3.63, 3.8) is 0 Å². The van der Waals surface area contributed by atoms with Crippen molar-refractivity contribution in [2.45, 2.75) is 12.8 Å². The van der Waals surface area contributed by atoms with Crippen LogP contribution >= 0.6 is 11.6 Å². The van der Waals surface area contributed by atoms with Crippen molar-refractivity contribution in [3.8, 4) is 0 Å². The molecule has 0 bridgehead atoms. The van der Waals surface area contributed by atoms with Gasteiger partial charge in [0, 0.05) is 57.0 Å². The van der Waals surface area contributed by atoms with Gasteiger partial charge in [-0.15, -0.1) is 0 Å². The number of non-ortho nitro benzene ring substituents is 1. The van der Waals surface area contributed by atoms with E-state index in [4.69, 9.17) is 11.6 Å². The Kier molecular flexibility index (Phi) is 8.41. The average Bonchev–Trinajstić information content (AvgIpc) is 2.79. The summed E-state index contributed by atoms with van der Waals surface area (Å²) in [6.07, 6.45) is 1.09. The smallest absolute Gasteiger partial charge is 0.269 e. The number of rotatable bonds is 9. The Morgan fingerprint density at radius 1 is 1.03 bits per heavy atom. The van der Waals surface area contributed by atoms with Gasteiger partial charge in [0.15, 0.2) is 0 Å². The molecular formula is C22H26ClN5O4. The maximum atomic E-state index is 12.4. The lowest BCUT2D eigenvalue weighted by Gasteiger charge is -2.34. The van der Waals surface area contributed by atoms with Crippen molar-refractivity contribution in [1.29, 1.82) is 0 Å². The summed E-state index contributed by atoms with van der Waals surface area (Å²) in [6, 6.07) is 13.3. The molecule has 1 aliphatic rings. The third kappa shape index (κ3) is 6.93. The van der Waals surface area contributed by atoms with E-state index in [9.17, 15) is 19.7 Å². The van der Waals surface area contributed by atoms with Crippen LogP contribution < -0.4 is 10.6 Å². The van der Waals surface area contributed by atoms with Gasteiger partial charge in [-0.25, -0.2) is 0 Å². The lowest BCUT2D eigenvalue weighted by Crippen LogP contribution is -2.50. The Labute approximate surface area is 191 Å². The van der Waals surface area contributed by atoms with Gasteiger partial charge < -0.3 is 15.5 Å². The molecule has 1 aliphatic heterocycles. The van der Waals surface area contributed by atoms with E-state index in [2.05, 4.69) is 10.6 Å². The van der Waals surface area contributed by atoms with Crippen molar-refractivity contribution in [2.24, 2.45) is 0 Å². The molecule has 0 atom stereocenters. The van der Waals surface area contributed by atoms with E-state index in [0.717, 1.165) is 5.69 Å². The van der Waals surface area contributed by atoms with Crippen molar-refractivity contribution in [2.75, 3.05) is 49.9 Å². The van der Waals surface area contributed by atoms with Gasteiger partial charge in [0.2, 0.25) is 11.8 Å². The zero-order valence-corrected chi connectivity index (χ0v) is 18.4. The molecule has 0 radical (unpaired) electrons.